The Morgan fingerprint density at radius 3 is 1.72 bits per heavy atom. The van der Waals surface area contributed by atoms with Crippen molar-refractivity contribution in [2.75, 3.05) is 59.0 Å². The van der Waals surface area contributed by atoms with Crippen molar-refractivity contribution in [1.29, 1.82) is 0 Å². The standard InChI is InChI=1S/C92H147ClN26O17/c1-6-7-23-65(86(131)118-43-19-29-73(118)84(129)113-70(88(133)134)48-57-30-32-59(93)33-31-57)109-85(130)74-49-58-22-11-12-27-71(58)119(74)76(121)53-103-77(122)62(24-13-15-38-94)106-81(126)68(50-60-52-100-55-104-60)111-82(127)69(51-61-54-116(115-114-61)44-36-91(2,3)135-45-37-92(4,5)136-46-39-95)112-80(125)67(47-56-20-9-8-10-21-56)110-78(123)63(25-14-16-40-101-89(96)97)107-83(128)72-28-18-42-117(72)87(132)66(26-17-41-102-90(98)99)108-79(124)64-34-35-75(120)105-64/h30-33,52,54-56,58,62-74H,6-29,34-51,53,94-95H2,1-5H3,(H,100,104)(H,103,122)(H,105,120)(H,106,126)(H,107,128)(H,108,124)(H,109,130)(H,110,123)(H,111,127)(H,112,125)(H,113,129)(H,133,134)(H4,96,97,101)(H4,98,99,102)/t58?,62-,63-,64-,65-,66-,67-,68-,69-,70-,71?,72-,73-,74-/m0/s1. The van der Waals surface area contributed by atoms with Gasteiger partial charge in [-0.2, -0.15) is 0 Å². The van der Waals surface area contributed by atoms with Crippen LogP contribution in [0.4, 0.5) is 0 Å². The summed E-state index contributed by atoms with van der Waals surface area (Å²) in [4.78, 5) is 224. The molecule has 0 radical (unpaired) electrons. The molecule has 3 aromatic rings. The zero-order chi connectivity index (χ0) is 98.6. The molecular formula is C92H147ClN26O17. The fourth-order valence-corrected chi connectivity index (χ4v) is 18.9. The number of fused-ring (bicyclic) bond motifs is 1. The summed E-state index contributed by atoms with van der Waals surface area (Å²) in [5.41, 5.74) is 34.3. The van der Waals surface area contributed by atoms with Crippen molar-refractivity contribution in [2.24, 2.45) is 56.2 Å². The SMILES string of the molecule is CCCC[C@H](NC(=O)[C@@H]1CC2CCCCC2N1C(=O)CNC(=O)[C@H](CCCCN)NC(=O)[C@H](Cc1cnc[nH]1)NC(=O)[C@H](Cc1cn(CCC(C)(C)OCCC(C)(C)OCCN)nn1)NC(=O)[C@H](CC1CCCCC1)NC(=O)[C@H](CCCCN=C(N)N)NC(=O)[C@@H]1CCCN1C(=O)[C@H](CCCN=C(N)N)NC(=O)[C@@H]1CCC(=O)N1)C(=O)N1CCC[C@H]1C(=O)N[C@@H](Cc1ccc(Cl)cc1)C(=O)O. The van der Waals surface area contributed by atoms with Crippen LogP contribution < -0.4 is 87.6 Å². The fourth-order valence-electron chi connectivity index (χ4n) is 18.8. The number of carbonyl (C=O) groups excluding carboxylic acids is 13. The van der Waals surface area contributed by atoms with Crippen molar-refractivity contribution in [3.63, 3.8) is 0 Å². The maximum atomic E-state index is 15.7. The second-order valence-electron chi connectivity index (χ2n) is 38.0. The van der Waals surface area contributed by atoms with Gasteiger partial charge >= 0.3 is 5.97 Å². The number of carboxylic acid groups (broad SMARTS) is 1. The summed E-state index contributed by atoms with van der Waals surface area (Å²) in [6.07, 6.45) is 16.4. The van der Waals surface area contributed by atoms with Crippen molar-refractivity contribution < 1.29 is 81.7 Å². The highest BCUT2D eigenvalue weighted by Crippen LogP contribution is 2.40. The summed E-state index contributed by atoms with van der Waals surface area (Å²) < 4.78 is 13.9. The molecule has 1 aromatic carbocycles. The molecule has 4 saturated heterocycles. The molecule has 9 rings (SSSR count). The molecule has 13 amide bonds. The molecule has 2 unspecified atom stereocenters. The molecule has 2 aromatic heterocycles. The molecule has 6 heterocycles. The molecule has 43 nitrogen and oxygen atoms in total. The molecule has 0 bridgehead atoms. The molecule has 6 fully saturated rings. The number of amides is 13. The minimum absolute atomic E-state index is 0.00618. The number of aromatic amines is 1. The number of aryl methyl sites for hydroxylation is 1. The van der Waals surface area contributed by atoms with Gasteiger partial charge in [-0.05, 0) is 192 Å². The van der Waals surface area contributed by atoms with E-state index in [0.717, 1.165) is 32.1 Å². The van der Waals surface area contributed by atoms with Crippen LogP contribution in [0.5, 0.6) is 0 Å². The Bertz CT molecular complexity index is 4520. The smallest absolute Gasteiger partial charge is 0.326 e. The van der Waals surface area contributed by atoms with E-state index in [1.54, 1.807) is 35.1 Å². The second kappa shape index (κ2) is 54.1. The van der Waals surface area contributed by atoms with Gasteiger partial charge in [-0.15, -0.1) is 5.10 Å². The lowest BCUT2D eigenvalue weighted by atomic mass is 9.84. The highest BCUT2D eigenvalue weighted by Gasteiger charge is 2.50. The number of nitrogens with one attached hydrogen (secondary N) is 11. The van der Waals surface area contributed by atoms with E-state index in [1.807, 2.05) is 34.6 Å². The number of likely N-dealkylation sites (tertiary alicyclic amines) is 3. The largest absolute Gasteiger partial charge is 0.480 e. The van der Waals surface area contributed by atoms with Gasteiger partial charge in [0.05, 0.1) is 43.0 Å². The number of carbonyl (C=O) groups is 14. The minimum Gasteiger partial charge on any atom is -0.480 e. The Balaban J connectivity index is 0.956. The maximum absolute atomic E-state index is 15.7. The molecule has 754 valence electrons. The summed E-state index contributed by atoms with van der Waals surface area (Å²) in [7, 11) is 0. The Labute approximate surface area is 799 Å². The first-order valence-electron chi connectivity index (χ1n) is 48.6. The Hall–Kier alpha value is -11.2. The number of aliphatic imine (C=N–C) groups is 2. The number of H-pyrrole nitrogens is 1. The molecule has 0 spiro atoms. The van der Waals surface area contributed by atoms with Crippen LogP contribution in [0.3, 0.4) is 0 Å². The minimum atomic E-state index is -1.60. The highest BCUT2D eigenvalue weighted by molar-refractivity contribution is 6.30. The molecule has 136 heavy (non-hydrogen) atoms. The van der Waals surface area contributed by atoms with E-state index in [1.165, 1.54) is 27.2 Å². The normalized spacial score (nSPS) is 20.2. The first kappa shape index (κ1) is 108. The number of aliphatic carboxylic acids is 1. The molecule has 2 aliphatic carbocycles. The lowest BCUT2D eigenvalue weighted by Crippen LogP contribution is -2.61. The topological polar surface area (TPSA) is 648 Å². The zero-order valence-corrected chi connectivity index (χ0v) is 80.2. The number of rotatable bonds is 56. The molecule has 2 saturated carbocycles. The van der Waals surface area contributed by atoms with E-state index in [-0.39, 0.29) is 171 Å². The van der Waals surface area contributed by atoms with Gasteiger partial charge in [-0.1, -0.05) is 93.7 Å². The fraction of sp³-hybridized carbons (Fsp3) is 0.707. The van der Waals surface area contributed by atoms with Crippen LogP contribution in [0.15, 0.2) is 53.0 Å². The Morgan fingerprint density at radius 2 is 1.11 bits per heavy atom. The van der Waals surface area contributed by atoms with Gasteiger partial charge in [0.25, 0.3) is 0 Å². The van der Waals surface area contributed by atoms with Gasteiger partial charge in [0.1, 0.15) is 72.5 Å². The third kappa shape index (κ3) is 34.2. The molecule has 24 N–H and O–H groups in total. The van der Waals surface area contributed by atoms with Crippen molar-refractivity contribution >= 4 is 106 Å². The third-order valence-electron chi connectivity index (χ3n) is 26.4. The molecule has 6 aliphatic rings. The zero-order valence-electron chi connectivity index (χ0n) is 79.5. The van der Waals surface area contributed by atoms with E-state index in [2.05, 4.69) is 83.4 Å². The predicted molar refractivity (Wildman–Crippen MR) is 505 cm³/mol. The second-order valence-corrected chi connectivity index (χ2v) is 38.4. The van der Waals surface area contributed by atoms with Crippen LogP contribution in [-0.4, -0.2) is 288 Å². The summed E-state index contributed by atoms with van der Waals surface area (Å²) in [6, 6.07) is -8.86. The molecular weight excluding hydrogens is 1780 g/mol. The third-order valence-corrected chi connectivity index (χ3v) is 26.7. The molecule has 14 atom stereocenters. The average Bonchev–Trinajstić information content (AvgIpc) is 1.66. The monoisotopic (exact) mass is 1920 g/mol. The summed E-state index contributed by atoms with van der Waals surface area (Å²) in [5, 5.41) is 47.8. The Kier molecular flexibility index (Phi) is 43.1. The number of nitrogens with two attached hydrogens (primary N) is 6. The first-order valence-corrected chi connectivity index (χ1v) is 49.0. The number of ether oxygens (including phenoxy) is 2. The highest BCUT2D eigenvalue weighted by atomic mass is 35.5. The van der Waals surface area contributed by atoms with Crippen molar-refractivity contribution in [3.8, 4) is 0 Å². The van der Waals surface area contributed by atoms with Crippen molar-refractivity contribution in [1.82, 2.24) is 92.8 Å². The number of unbranched alkanes of at least 4 members (excludes halogenated alkanes) is 3. The van der Waals surface area contributed by atoms with Crippen LogP contribution in [0, 0.1) is 11.8 Å². The lowest BCUT2D eigenvalue weighted by molar-refractivity contribution is -0.145. The van der Waals surface area contributed by atoms with Crippen LogP contribution in [0.25, 0.3) is 0 Å². The van der Waals surface area contributed by atoms with Gasteiger partial charge in [0, 0.05) is 94.1 Å². The number of aromatic nitrogens is 5. The lowest BCUT2D eigenvalue weighted by Gasteiger charge is -2.34. The van der Waals surface area contributed by atoms with Crippen LogP contribution in [0.1, 0.15) is 244 Å². The number of imidazole rings is 1. The molecule has 44 heteroatoms. The molecule has 4 aliphatic heterocycles. The van der Waals surface area contributed by atoms with Gasteiger partial charge in [0.2, 0.25) is 76.8 Å². The number of guanidine groups is 2. The van der Waals surface area contributed by atoms with Gasteiger partial charge in [-0.3, -0.25) is 77.0 Å². The number of carboxylic acids is 1. The van der Waals surface area contributed by atoms with Gasteiger partial charge < -0.3 is 122 Å². The van der Waals surface area contributed by atoms with E-state index < -0.39 is 173 Å². The summed E-state index contributed by atoms with van der Waals surface area (Å²) in [6.45, 7) is 11.3. The van der Waals surface area contributed by atoms with Crippen molar-refractivity contribution in [2.45, 2.75) is 343 Å². The van der Waals surface area contributed by atoms with Crippen LogP contribution >= 0.6 is 11.6 Å². The number of hydrogen-bond acceptors (Lipinski definition) is 23. The van der Waals surface area contributed by atoms with Crippen LogP contribution in [-0.2, 0) is 102 Å². The van der Waals surface area contributed by atoms with E-state index in [0.29, 0.717) is 120 Å². The quantitative estimate of drug-likeness (QED) is 0.0205. The van der Waals surface area contributed by atoms with Crippen LogP contribution in [0.2, 0.25) is 5.02 Å². The number of halogens is 1. The van der Waals surface area contributed by atoms with Gasteiger partial charge in [0.15, 0.2) is 11.9 Å². The van der Waals surface area contributed by atoms with Crippen molar-refractivity contribution in [3.05, 3.63) is 65.0 Å². The Morgan fingerprint density at radius 1 is 0.566 bits per heavy atom. The number of nitrogens with zero attached hydrogens (tertiary/aromatic N) is 9. The maximum Gasteiger partial charge on any atom is 0.326 e. The van der Waals surface area contributed by atoms with E-state index in [9.17, 15) is 48.3 Å². The van der Waals surface area contributed by atoms with E-state index in [4.69, 9.17) is 55.5 Å². The van der Waals surface area contributed by atoms with Gasteiger partial charge in [-0.25, -0.2) is 9.78 Å². The average molecular weight is 1920 g/mol. The first-order chi connectivity index (χ1) is 65.0. The predicted octanol–water partition coefficient (Wildman–Crippen LogP) is 0.298. The number of hydrogen-bond donors (Lipinski definition) is 18. The summed E-state index contributed by atoms with van der Waals surface area (Å²) in [5.74, 6) is -10.6. The number of benzene rings is 1. The summed E-state index contributed by atoms with van der Waals surface area (Å²) >= 11 is 6.08. The van der Waals surface area contributed by atoms with E-state index >= 15 is 24.0 Å².